The van der Waals surface area contributed by atoms with Crippen molar-refractivity contribution in [3.63, 3.8) is 0 Å². The van der Waals surface area contributed by atoms with Gasteiger partial charge < -0.3 is 49.0 Å². The molecule has 0 unspecified atom stereocenters. The molecule has 0 saturated heterocycles. The summed E-state index contributed by atoms with van der Waals surface area (Å²) in [4.78, 5) is 95.6. The number of carbonyl (C=O) groups is 4. The average molecular weight is 1920 g/mol. The summed E-state index contributed by atoms with van der Waals surface area (Å²) >= 11 is -3.13. The number of allylic oxidation sites excluding steroid dienone is 26. The molecule has 0 radical (unpaired) electrons. The molecule has 12 rings (SSSR count). The van der Waals surface area contributed by atoms with Crippen LogP contribution in [0.3, 0.4) is 0 Å². The van der Waals surface area contributed by atoms with Crippen LogP contribution in [-0.4, -0.2) is 233 Å². The molecule has 0 aromatic rings. The summed E-state index contributed by atoms with van der Waals surface area (Å²) in [6.07, 6.45) is 21.6. The smallest absolute Gasteiger partial charge is 0.303 e. The fraction of sp³-hybridized carbons (Fsp3) is 0.548. The summed E-state index contributed by atoms with van der Waals surface area (Å²) in [5.41, 5.74) is 31.9. The van der Waals surface area contributed by atoms with Gasteiger partial charge in [-0.25, -0.2) is 20.0 Å². The van der Waals surface area contributed by atoms with E-state index in [9.17, 15) is 39.6 Å². The summed E-state index contributed by atoms with van der Waals surface area (Å²) in [7, 11) is 39.8. The minimum Gasteiger partial charge on any atom is -0.511 e. The molecule has 24 heteroatoms. The predicted octanol–water partition coefficient (Wildman–Crippen LogP) is 21.9. The Hall–Kier alpha value is -8.10. The molecule has 128 heavy (non-hydrogen) atoms. The van der Waals surface area contributed by atoms with Crippen LogP contribution in [0.15, 0.2) is 211 Å². The molecule has 694 valence electrons. The quantitative estimate of drug-likeness (QED) is 0.0124. The van der Waals surface area contributed by atoms with Crippen LogP contribution in [0.1, 0.15) is 224 Å². The maximum atomic E-state index is 14.4. The molecule has 0 saturated carbocycles. The van der Waals surface area contributed by atoms with Crippen LogP contribution >= 0.6 is 40.4 Å². The zero-order valence-electron chi connectivity index (χ0n) is 80.8. The number of carbonyl (C=O) groups excluding carboxylic acids is 2. The van der Waals surface area contributed by atoms with E-state index in [1.807, 2.05) is 0 Å². The number of aliphatic imine (C=N–C) groups is 6. The van der Waals surface area contributed by atoms with Crippen molar-refractivity contribution in [2.75, 3.05) is 126 Å². The number of hydrogen-bond acceptors (Lipinski definition) is 14. The Kier molecular flexibility index (Phi) is 34.3. The van der Waals surface area contributed by atoms with E-state index in [1.165, 1.54) is 11.1 Å². The van der Waals surface area contributed by atoms with E-state index >= 15 is 0 Å². The molecule has 8 aliphatic heterocycles. The van der Waals surface area contributed by atoms with Crippen LogP contribution in [0.5, 0.6) is 0 Å². The van der Waals surface area contributed by atoms with Crippen LogP contribution in [0.25, 0.3) is 0 Å². The molecule has 8 heterocycles. The maximum absolute atomic E-state index is 14.4. The molecular weight excluding hydrogens is 1780 g/mol. The Bertz CT molecular complexity index is 5360. The summed E-state index contributed by atoms with van der Waals surface area (Å²) in [5, 5.41) is 42.2. The van der Waals surface area contributed by atoms with Crippen molar-refractivity contribution >= 4 is 98.4 Å². The molecule has 0 aromatic carbocycles. The largest absolute Gasteiger partial charge is 0.511 e. The van der Waals surface area contributed by atoms with Crippen molar-refractivity contribution in [3.8, 4) is 23.7 Å². The van der Waals surface area contributed by atoms with Gasteiger partial charge in [0.25, 0.3) is 0 Å². The minimum absolute atomic E-state index is 0.0527. The van der Waals surface area contributed by atoms with Gasteiger partial charge in [-0.2, -0.15) is 0 Å². The van der Waals surface area contributed by atoms with Gasteiger partial charge in [0.2, 0.25) is 11.8 Å². The molecule has 0 spiro atoms. The van der Waals surface area contributed by atoms with Gasteiger partial charge >= 0.3 is 62.2 Å². The first-order valence-electron chi connectivity index (χ1n) is 46.2. The van der Waals surface area contributed by atoms with E-state index in [4.69, 9.17) is 56.7 Å². The molecule has 4 aliphatic carbocycles. The number of quaternary nitrogens is 2. The number of fused-ring (bicyclic) bond motifs is 10. The Balaban J connectivity index is 0.000000251. The number of hydrogen-bond donors (Lipinski definition) is 4. The molecule has 16 bridgehead atoms. The van der Waals surface area contributed by atoms with E-state index in [2.05, 4.69) is 221 Å². The van der Waals surface area contributed by atoms with E-state index in [-0.39, 0.29) is 48.3 Å². The van der Waals surface area contributed by atoms with Crippen molar-refractivity contribution in [1.82, 2.24) is 19.6 Å². The minimum atomic E-state index is -3.13. The van der Waals surface area contributed by atoms with E-state index in [0.29, 0.717) is 106 Å². The molecule has 0 aromatic heterocycles. The van der Waals surface area contributed by atoms with E-state index in [0.717, 1.165) is 264 Å². The predicted molar refractivity (Wildman–Crippen MR) is 540 cm³/mol. The third kappa shape index (κ3) is 25.4. The Morgan fingerprint density at radius 3 is 1.15 bits per heavy atom. The first kappa shape index (κ1) is 102. The fourth-order valence-corrected chi connectivity index (χ4v) is 19.5. The molecule has 0 fully saturated rings. The number of nitrogens with zero attached hydrogens (tertiary/aromatic N) is 12. The Labute approximate surface area is 776 Å². The zero-order chi connectivity index (χ0) is 94.1. The Morgan fingerprint density at radius 2 is 0.812 bits per heavy atom. The van der Waals surface area contributed by atoms with Crippen molar-refractivity contribution in [2.45, 2.75) is 224 Å². The summed E-state index contributed by atoms with van der Waals surface area (Å²) < 4.78 is 1.45. The van der Waals surface area contributed by atoms with Crippen LogP contribution < -0.4 is 0 Å². The molecule has 4 atom stereocenters. The van der Waals surface area contributed by atoms with Gasteiger partial charge in [-0.3, -0.25) is 29.2 Å². The standard InChI is InChI=1S/C52H70N6O4.C50H66N6O4.C2H6Cl3I/c1-13-37-33(4)43-31-45-38(14-2)34(5)50(54-45)40(20-16-15-17-21-48(61)62)51-35(6)39(22-23-47(60)56(24-18-26-57(7,8)9)25-19-27-58(10,11)12)52(55-51)42-30-46(59)49-32(3)36(28-41(42)49)29-44(37)53-43;1-11-35-31(4)41-29-43-36(12-2)32(5)48(52-43)38(18-14-13-15-19-46(59)60)49-33(6)37(20-21-45(58)56(24-16-22-54(7)8)25-17-23-55(9)10)50(53-49)40-28-44(57)47-30(3)34(26-39(40)47)27-42(35)51-41;1-6(2,3,4)5/h29,31,35,39H,7,13-15,17-19,21-28,30H2,1-6,8-12H3,(H-,53,54,55,59,61,62);27,29,33,37,57H,11-13,15-17,19-26,28H2,1-10H3,(H,59,60);1-2H3/p+1/t35-,39-;33-,37-;/m00./s1. The van der Waals surface area contributed by atoms with E-state index in [1.54, 1.807) is 9.86 Å². The number of aliphatic carboxylic acids is 2. The number of amides is 2. The van der Waals surface area contributed by atoms with Gasteiger partial charge in [0, 0.05) is 151 Å². The van der Waals surface area contributed by atoms with Crippen molar-refractivity contribution in [3.05, 3.63) is 189 Å². The van der Waals surface area contributed by atoms with Gasteiger partial charge in [-0.05, 0) is 273 Å². The third-order valence-corrected chi connectivity index (χ3v) is 26.3. The number of halogens is 4. The SMILES string of the molecule is CCC1=C(C)C2=NC1=CC1=C(C)C3=C(O)CC(=C3C1)C1=NC(=C(C#CCCCC(=O)O)C3=NC(=C2)C(CC)=C3C)[C@@H](C)[C@@H]1CCC(=O)N(CCCN(C)C)CCCN(C)C.CI(C)(Cl)(Cl)Cl.[CH2-][N+](C)(C)CCCN(CCC[N+](C)(C)C)C(=O)CC[C@@H]1C2=NC(=C(C#CCCCC(=O)O)C3=NC(=CC4=NC(=CC5=C(C)C6=C(O)CC2=C6C5)C(CC)=C4C)C(CC)=C3C)[C@H]1C. The number of carboxylic acid groups (broad SMARTS) is 2. The molecular formula is C104H143Cl3IN12O8+. The maximum Gasteiger partial charge on any atom is 0.303 e. The topological polar surface area (TPSA) is 236 Å². The fourth-order valence-electron chi connectivity index (χ4n) is 19.5. The average Bonchev–Trinajstić information content (AvgIpc) is 1.58. The number of rotatable bonds is 32. The number of aliphatic hydroxyl groups is 2. The third-order valence-electron chi connectivity index (χ3n) is 26.3. The van der Waals surface area contributed by atoms with Gasteiger partial charge in [0.15, 0.2) is 0 Å². The van der Waals surface area contributed by atoms with Crippen molar-refractivity contribution in [2.24, 2.45) is 53.6 Å². The number of carboxylic acids is 2. The van der Waals surface area contributed by atoms with Crippen LogP contribution in [-0.2, 0) is 19.2 Å². The van der Waals surface area contributed by atoms with E-state index < -0.39 is 25.6 Å². The summed E-state index contributed by atoms with van der Waals surface area (Å²) in [6, 6.07) is 0. The molecule has 12 aliphatic rings. The molecule has 4 N–H and O–H groups in total. The number of aliphatic hydroxyl groups excluding tert-OH is 2. The second kappa shape index (κ2) is 43.1. The number of alkyl halides is 2. The zero-order valence-corrected chi connectivity index (χ0v) is 85.3. The van der Waals surface area contributed by atoms with Gasteiger partial charge in [-0.15, -0.1) is 7.05 Å². The second-order valence-corrected chi connectivity index (χ2v) is 66.9. The Morgan fingerprint density at radius 1 is 0.469 bits per heavy atom. The van der Waals surface area contributed by atoms with Crippen molar-refractivity contribution in [1.29, 1.82) is 0 Å². The summed E-state index contributed by atoms with van der Waals surface area (Å²) in [6.45, 7) is 32.4. The summed E-state index contributed by atoms with van der Waals surface area (Å²) in [5.74, 6) is 12.7. The number of unbranched alkanes of at least 4 members (excludes halogenated alkanes) is 2. The van der Waals surface area contributed by atoms with Gasteiger partial charge in [-0.1, -0.05) is 65.2 Å². The van der Waals surface area contributed by atoms with Gasteiger partial charge in [0.05, 0.1) is 102 Å². The monoisotopic (exact) mass is 1920 g/mol. The van der Waals surface area contributed by atoms with Crippen molar-refractivity contribution < 1.29 is 48.6 Å². The van der Waals surface area contributed by atoms with Crippen LogP contribution in [0.4, 0.5) is 0 Å². The van der Waals surface area contributed by atoms with Crippen LogP contribution in [0, 0.1) is 54.4 Å². The molecule has 20 nitrogen and oxygen atoms in total. The first-order valence-corrected chi connectivity index (χ1v) is 58.7. The van der Waals surface area contributed by atoms with Crippen LogP contribution in [0.2, 0.25) is 0 Å². The molecule has 2 amide bonds. The second-order valence-electron chi connectivity index (χ2n) is 38.8. The normalized spacial score (nSPS) is 21.1. The first-order chi connectivity index (χ1) is 60.1. The van der Waals surface area contributed by atoms with Gasteiger partial charge in [0.1, 0.15) is 11.5 Å².